The number of unbranched alkanes of at least 4 members (excludes halogenated alkanes) is 3. The van der Waals surface area contributed by atoms with E-state index in [9.17, 15) is 8.42 Å². The van der Waals surface area contributed by atoms with Crippen molar-refractivity contribution in [2.75, 3.05) is 18.8 Å². The third-order valence-corrected chi connectivity index (χ3v) is 2.54. The predicted molar refractivity (Wildman–Crippen MR) is 64.4 cm³/mol. The van der Waals surface area contributed by atoms with Crippen molar-refractivity contribution in [1.82, 2.24) is 0 Å². The summed E-state index contributed by atoms with van der Waals surface area (Å²) in [5.74, 6) is -0.132. The van der Waals surface area contributed by atoms with Crippen molar-refractivity contribution in [2.45, 2.75) is 39.0 Å². The van der Waals surface area contributed by atoms with Crippen LogP contribution in [0.3, 0.4) is 0 Å². The molecule has 0 aliphatic rings. The van der Waals surface area contributed by atoms with Crippen LogP contribution in [-0.4, -0.2) is 31.8 Å². The number of hydrogen-bond acceptors (Lipinski definition) is 4. The van der Waals surface area contributed by atoms with Gasteiger partial charge in [0.2, 0.25) is 0 Å². The van der Waals surface area contributed by atoms with Gasteiger partial charge in [0.25, 0.3) is 10.1 Å². The van der Waals surface area contributed by atoms with Crippen molar-refractivity contribution in [3.05, 3.63) is 0 Å². The summed E-state index contributed by atoms with van der Waals surface area (Å²) < 4.78 is 27.6. The molecule has 0 unspecified atom stereocenters. The number of rotatable bonds is 7. The molecule has 7 heteroatoms. The van der Waals surface area contributed by atoms with E-state index in [1.807, 2.05) is 0 Å². The maximum atomic E-state index is 9.79. The minimum Gasteiger partial charge on any atom is -1.00 e. The van der Waals surface area contributed by atoms with E-state index in [2.05, 4.69) is 0 Å². The SMILES string of the molecule is CCCS(=O)(=O)O.NCCCCCCN.[H-].[Li+]. The summed E-state index contributed by atoms with van der Waals surface area (Å²) in [6, 6.07) is 0. The normalized spacial score (nSPS) is 10.0. The van der Waals surface area contributed by atoms with Crippen LogP contribution in [0.1, 0.15) is 40.5 Å². The van der Waals surface area contributed by atoms with Crippen LogP contribution < -0.4 is 30.3 Å². The van der Waals surface area contributed by atoms with Crippen LogP contribution in [0, 0.1) is 0 Å². The van der Waals surface area contributed by atoms with Gasteiger partial charge in [-0.1, -0.05) is 19.8 Å². The minimum absolute atomic E-state index is 0. The van der Waals surface area contributed by atoms with Gasteiger partial charge in [0, 0.05) is 0 Å². The third kappa shape index (κ3) is 29.3. The van der Waals surface area contributed by atoms with E-state index in [0.717, 1.165) is 25.9 Å². The average molecular weight is 248 g/mol. The molecule has 0 aromatic rings. The molecule has 0 heterocycles. The van der Waals surface area contributed by atoms with Gasteiger partial charge in [0.15, 0.2) is 0 Å². The smallest absolute Gasteiger partial charge is 1.00 e. The minimum atomic E-state index is -3.67. The quantitative estimate of drug-likeness (QED) is 0.271. The van der Waals surface area contributed by atoms with E-state index in [-0.39, 0.29) is 26.0 Å². The summed E-state index contributed by atoms with van der Waals surface area (Å²) in [5.41, 5.74) is 10.6. The molecule has 0 aromatic heterocycles. The van der Waals surface area contributed by atoms with Crippen LogP contribution >= 0.6 is 0 Å². The van der Waals surface area contributed by atoms with E-state index >= 15 is 0 Å². The molecular formula is C9H25LiN2O3S. The second-order valence-corrected chi connectivity index (χ2v) is 4.85. The molecule has 0 spiro atoms. The number of hydrogen-bond donors (Lipinski definition) is 3. The summed E-state index contributed by atoms with van der Waals surface area (Å²) in [6.07, 6.45) is 5.26. The fourth-order valence-corrected chi connectivity index (χ4v) is 1.42. The van der Waals surface area contributed by atoms with Crippen molar-refractivity contribution in [2.24, 2.45) is 11.5 Å². The molecule has 0 atom stereocenters. The van der Waals surface area contributed by atoms with Crippen LogP contribution in [0.4, 0.5) is 0 Å². The Morgan fingerprint density at radius 3 is 1.56 bits per heavy atom. The fraction of sp³-hybridized carbons (Fsp3) is 1.00. The molecule has 5 nitrogen and oxygen atoms in total. The first-order valence-electron chi connectivity index (χ1n) is 5.33. The second-order valence-electron chi connectivity index (χ2n) is 3.28. The molecule has 0 saturated heterocycles. The van der Waals surface area contributed by atoms with Crippen molar-refractivity contribution in [3.8, 4) is 0 Å². The molecule has 96 valence electrons. The molecule has 0 amide bonds. The Morgan fingerprint density at radius 2 is 1.44 bits per heavy atom. The summed E-state index contributed by atoms with van der Waals surface area (Å²) in [5, 5.41) is 0. The van der Waals surface area contributed by atoms with Crippen molar-refractivity contribution < 1.29 is 33.3 Å². The fourth-order valence-electron chi connectivity index (χ4n) is 0.900. The van der Waals surface area contributed by atoms with Crippen molar-refractivity contribution >= 4 is 10.1 Å². The maximum absolute atomic E-state index is 9.79. The molecule has 5 N–H and O–H groups in total. The van der Waals surface area contributed by atoms with E-state index in [1.165, 1.54) is 12.8 Å². The molecule has 0 saturated carbocycles. The Morgan fingerprint density at radius 1 is 1.06 bits per heavy atom. The largest absolute Gasteiger partial charge is 1.00 e. The summed E-state index contributed by atoms with van der Waals surface area (Å²) in [4.78, 5) is 0. The molecule has 16 heavy (non-hydrogen) atoms. The average Bonchev–Trinajstić information content (AvgIpc) is 2.12. The Kier molecular flexibility index (Phi) is 20.9. The van der Waals surface area contributed by atoms with Gasteiger partial charge in [0.1, 0.15) is 0 Å². The van der Waals surface area contributed by atoms with Gasteiger partial charge in [0.05, 0.1) is 5.75 Å². The summed E-state index contributed by atoms with van der Waals surface area (Å²) in [7, 11) is -3.67. The van der Waals surface area contributed by atoms with Crippen LogP contribution in [0.15, 0.2) is 0 Å². The monoisotopic (exact) mass is 248 g/mol. The zero-order valence-corrected chi connectivity index (χ0v) is 11.3. The molecule has 0 fully saturated rings. The van der Waals surface area contributed by atoms with E-state index < -0.39 is 10.1 Å². The van der Waals surface area contributed by atoms with Crippen LogP contribution in [0.2, 0.25) is 0 Å². The molecule has 0 aliphatic heterocycles. The predicted octanol–water partition coefficient (Wildman–Crippen LogP) is -2.14. The maximum Gasteiger partial charge on any atom is 1.00 e. The molecule has 0 bridgehead atoms. The topological polar surface area (TPSA) is 106 Å². The van der Waals surface area contributed by atoms with Gasteiger partial charge in [-0.2, -0.15) is 8.42 Å². The Labute approximate surface area is 113 Å². The van der Waals surface area contributed by atoms with E-state index in [0.29, 0.717) is 6.42 Å². The molecule has 0 radical (unpaired) electrons. The van der Waals surface area contributed by atoms with Gasteiger partial charge in [-0.15, -0.1) is 0 Å². The first-order chi connectivity index (χ1) is 6.97. The van der Waals surface area contributed by atoms with Crippen LogP contribution in [0.5, 0.6) is 0 Å². The zero-order valence-electron chi connectivity index (χ0n) is 11.5. The Bertz CT molecular complexity index is 210. The van der Waals surface area contributed by atoms with Gasteiger partial charge in [-0.05, 0) is 32.4 Å². The van der Waals surface area contributed by atoms with Crippen molar-refractivity contribution in [1.29, 1.82) is 0 Å². The van der Waals surface area contributed by atoms with E-state index in [4.69, 9.17) is 16.0 Å². The van der Waals surface area contributed by atoms with Crippen LogP contribution in [0.25, 0.3) is 0 Å². The van der Waals surface area contributed by atoms with Gasteiger partial charge < -0.3 is 12.9 Å². The number of nitrogens with two attached hydrogens (primary N) is 2. The second kappa shape index (κ2) is 15.4. The van der Waals surface area contributed by atoms with Gasteiger partial charge >= 0.3 is 18.9 Å². The van der Waals surface area contributed by atoms with E-state index in [1.54, 1.807) is 6.92 Å². The van der Waals surface area contributed by atoms with Crippen molar-refractivity contribution in [3.63, 3.8) is 0 Å². The molecular weight excluding hydrogens is 223 g/mol. The Balaban J connectivity index is -0.0000000896. The summed E-state index contributed by atoms with van der Waals surface area (Å²) in [6.45, 7) is 3.34. The first-order valence-corrected chi connectivity index (χ1v) is 6.94. The molecule has 0 aliphatic carbocycles. The summed E-state index contributed by atoms with van der Waals surface area (Å²) >= 11 is 0. The molecule has 0 aromatic carbocycles. The Hall–Kier alpha value is 0.427. The third-order valence-electron chi connectivity index (χ3n) is 1.62. The van der Waals surface area contributed by atoms with Gasteiger partial charge in [-0.3, -0.25) is 4.55 Å². The zero-order chi connectivity index (χ0) is 12.2. The standard InChI is InChI=1S/C6H16N2.C3H8O3S.Li.H/c7-5-3-1-2-4-6-8;1-2-3-7(4,5)6;;/h1-8H2;2-3H2,1H3,(H,4,5,6);;/q;;+1;-1. The van der Waals surface area contributed by atoms with Crippen LogP contribution in [-0.2, 0) is 10.1 Å². The molecule has 0 rings (SSSR count). The first kappa shape index (κ1) is 21.7. The van der Waals surface area contributed by atoms with Gasteiger partial charge in [-0.25, -0.2) is 0 Å².